The van der Waals surface area contributed by atoms with Crippen LogP contribution in [0.4, 0.5) is 10.1 Å². The number of anilines is 1. The number of hydrogen-bond donors (Lipinski definition) is 1. The number of aromatic nitrogens is 3. The zero-order valence-electron chi connectivity index (χ0n) is 14.7. The van der Waals surface area contributed by atoms with Gasteiger partial charge in [-0.25, -0.2) is 22.8 Å². The average molecular weight is 398 g/mol. The Bertz CT molecular complexity index is 1240. The van der Waals surface area contributed by atoms with Crippen molar-refractivity contribution < 1.29 is 17.5 Å². The molecule has 0 aliphatic heterocycles. The van der Waals surface area contributed by atoms with Gasteiger partial charge in [-0.05, 0) is 36.4 Å². The van der Waals surface area contributed by atoms with Crippen molar-refractivity contribution in [3.8, 4) is 17.0 Å². The van der Waals surface area contributed by atoms with Gasteiger partial charge >= 0.3 is 0 Å². The second kappa shape index (κ2) is 6.93. The zero-order chi connectivity index (χ0) is 19.7. The van der Waals surface area contributed by atoms with Crippen LogP contribution in [0.15, 0.2) is 72.0 Å². The van der Waals surface area contributed by atoms with Gasteiger partial charge in [-0.3, -0.25) is 9.12 Å². The van der Waals surface area contributed by atoms with Crippen LogP contribution in [0.3, 0.4) is 0 Å². The summed E-state index contributed by atoms with van der Waals surface area (Å²) < 4.78 is 48.3. The Morgan fingerprint density at radius 2 is 2.00 bits per heavy atom. The van der Waals surface area contributed by atoms with Crippen molar-refractivity contribution in [3.63, 3.8) is 0 Å². The molecule has 0 atom stereocenters. The third kappa shape index (κ3) is 3.39. The molecule has 0 spiro atoms. The van der Waals surface area contributed by atoms with Crippen LogP contribution in [0.5, 0.6) is 5.75 Å². The smallest absolute Gasteiger partial charge is 0.265 e. The lowest BCUT2D eigenvalue weighted by atomic mass is 10.1. The number of rotatable bonds is 5. The fourth-order valence-corrected chi connectivity index (χ4v) is 4.01. The van der Waals surface area contributed by atoms with Gasteiger partial charge in [-0.15, -0.1) is 0 Å². The summed E-state index contributed by atoms with van der Waals surface area (Å²) in [5.41, 5.74) is 1.66. The summed E-state index contributed by atoms with van der Waals surface area (Å²) in [6.45, 7) is 0. The van der Waals surface area contributed by atoms with Crippen molar-refractivity contribution in [1.29, 1.82) is 0 Å². The molecule has 0 radical (unpaired) electrons. The lowest BCUT2D eigenvalue weighted by Gasteiger charge is -2.12. The van der Waals surface area contributed by atoms with E-state index in [1.807, 2.05) is 12.3 Å². The average Bonchev–Trinajstić information content (AvgIpc) is 3.12. The van der Waals surface area contributed by atoms with Crippen molar-refractivity contribution in [2.75, 3.05) is 11.8 Å². The predicted octanol–water partition coefficient (Wildman–Crippen LogP) is 3.34. The van der Waals surface area contributed by atoms with Crippen molar-refractivity contribution in [1.82, 2.24) is 14.4 Å². The van der Waals surface area contributed by atoms with Gasteiger partial charge in [0.05, 0.1) is 12.8 Å². The predicted molar refractivity (Wildman–Crippen MR) is 102 cm³/mol. The topological polar surface area (TPSA) is 85.6 Å². The molecule has 2 aromatic heterocycles. The van der Waals surface area contributed by atoms with E-state index in [2.05, 4.69) is 14.7 Å². The second-order valence-electron chi connectivity index (χ2n) is 5.93. The molecule has 1 N–H and O–H groups in total. The van der Waals surface area contributed by atoms with E-state index < -0.39 is 15.8 Å². The summed E-state index contributed by atoms with van der Waals surface area (Å²) in [7, 11) is -2.73. The number of halogens is 1. The Labute approximate surface area is 160 Å². The summed E-state index contributed by atoms with van der Waals surface area (Å²) >= 11 is 0. The van der Waals surface area contributed by atoms with Gasteiger partial charge in [0, 0.05) is 29.8 Å². The van der Waals surface area contributed by atoms with E-state index in [1.165, 1.54) is 13.2 Å². The minimum Gasteiger partial charge on any atom is -0.495 e. The minimum absolute atomic E-state index is 0.0523. The summed E-state index contributed by atoms with van der Waals surface area (Å²) in [5, 5.41) is 0. The molecule has 0 unspecified atom stereocenters. The van der Waals surface area contributed by atoms with E-state index in [0.717, 1.165) is 12.1 Å². The van der Waals surface area contributed by atoms with Crippen LogP contribution in [-0.4, -0.2) is 29.9 Å². The minimum atomic E-state index is -4.06. The first-order chi connectivity index (χ1) is 13.5. The molecular formula is C19H15FN4O3S. The van der Waals surface area contributed by atoms with Gasteiger partial charge in [0.25, 0.3) is 10.0 Å². The number of nitrogens with zero attached hydrogens (tertiary/aromatic N) is 3. The highest BCUT2D eigenvalue weighted by Crippen LogP contribution is 2.28. The molecule has 0 aliphatic rings. The normalized spacial score (nSPS) is 11.5. The Morgan fingerprint density at radius 3 is 2.79 bits per heavy atom. The lowest BCUT2D eigenvalue weighted by Crippen LogP contribution is -2.14. The third-order valence-corrected chi connectivity index (χ3v) is 5.46. The number of hydrogen-bond acceptors (Lipinski definition) is 5. The number of methoxy groups -OCH3 is 1. The standard InChI is InChI=1S/C19H15FN4O3S/c1-27-17-7-6-14(20)11-18(17)28(25,26)23-15-5-2-4-13(10-15)16-12-24-9-3-8-21-19(24)22-16/h2-12,23H,1H3. The number of benzene rings is 2. The highest BCUT2D eigenvalue weighted by atomic mass is 32.2. The summed E-state index contributed by atoms with van der Waals surface area (Å²) in [6.07, 6.45) is 5.26. The molecule has 0 amide bonds. The molecule has 0 saturated carbocycles. The van der Waals surface area contributed by atoms with Crippen LogP contribution in [0.1, 0.15) is 0 Å². The second-order valence-corrected chi connectivity index (χ2v) is 7.59. The number of sulfonamides is 1. The van der Waals surface area contributed by atoms with Gasteiger partial charge in [0.2, 0.25) is 5.78 Å². The maximum absolute atomic E-state index is 13.6. The highest BCUT2D eigenvalue weighted by molar-refractivity contribution is 7.92. The molecular weight excluding hydrogens is 383 g/mol. The van der Waals surface area contributed by atoms with Crippen LogP contribution < -0.4 is 9.46 Å². The summed E-state index contributed by atoms with van der Waals surface area (Å²) in [5.74, 6) is -0.0865. The molecule has 2 aromatic carbocycles. The molecule has 142 valence electrons. The summed E-state index contributed by atoms with van der Waals surface area (Å²) in [4.78, 5) is 8.31. The monoisotopic (exact) mass is 398 g/mol. The van der Waals surface area contributed by atoms with Crippen LogP contribution in [-0.2, 0) is 10.0 Å². The lowest BCUT2D eigenvalue weighted by molar-refractivity contribution is 0.401. The molecule has 4 rings (SSSR count). The van der Waals surface area contributed by atoms with E-state index in [1.54, 1.807) is 41.1 Å². The van der Waals surface area contributed by atoms with Gasteiger partial charge in [-0.1, -0.05) is 12.1 Å². The first-order valence-corrected chi connectivity index (χ1v) is 9.71. The molecule has 0 saturated heterocycles. The van der Waals surface area contributed by atoms with Crippen LogP contribution in [0.2, 0.25) is 0 Å². The first-order valence-electron chi connectivity index (χ1n) is 8.23. The van der Waals surface area contributed by atoms with Gasteiger partial charge in [0.15, 0.2) is 0 Å². The first kappa shape index (κ1) is 17.9. The molecule has 9 heteroatoms. The fraction of sp³-hybridized carbons (Fsp3) is 0.0526. The zero-order valence-corrected chi connectivity index (χ0v) is 15.5. The van der Waals surface area contributed by atoms with Crippen LogP contribution in [0.25, 0.3) is 17.0 Å². The number of nitrogens with one attached hydrogen (secondary N) is 1. The molecule has 4 aromatic rings. The summed E-state index contributed by atoms with van der Waals surface area (Å²) in [6, 6.07) is 11.9. The van der Waals surface area contributed by atoms with Crippen LogP contribution in [0, 0.1) is 5.82 Å². The quantitative estimate of drug-likeness (QED) is 0.557. The van der Waals surface area contributed by atoms with E-state index >= 15 is 0 Å². The largest absolute Gasteiger partial charge is 0.495 e. The van der Waals surface area contributed by atoms with Crippen molar-refractivity contribution in [3.05, 3.63) is 72.9 Å². The Balaban J connectivity index is 1.69. The van der Waals surface area contributed by atoms with Crippen molar-refractivity contribution >= 4 is 21.5 Å². The fourth-order valence-electron chi connectivity index (χ4n) is 2.78. The Kier molecular flexibility index (Phi) is 4.44. The SMILES string of the molecule is COc1ccc(F)cc1S(=O)(=O)Nc1cccc(-c2cn3cccnc3n2)c1. The van der Waals surface area contributed by atoms with E-state index in [9.17, 15) is 12.8 Å². The number of imidazole rings is 1. The highest BCUT2D eigenvalue weighted by Gasteiger charge is 2.21. The number of fused-ring (bicyclic) bond motifs is 1. The van der Waals surface area contributed by atoms with Crippen molar-refractivity contribution in [2.45, 2.75) is 4.90 Å². The van der Waals surface area contributed by atoms with Gasteiger partial charge < -0.3 is 4.74 Å². The van der Waals surface area contributed by atoms with E-state index in [4.69, 9.17) is 4.74 Å². The molecule has 7 nitrogen and oxygen atoms in total. The van der Waals surface area contributed by atoms with Crippen molar-refractivity contribution in [2.24, 2.45) is 0 Å². The van der Waals surface area contributed by atoms with Gasteiger partial charge in [0.1, 0.15) is 16.5 Å². The van der Waals surface area contributed by atoms with Gasteiger partial charge in [-0.2, -0.15) is 0 Å². The Morgan fingerprint density at radius 1 is 1.14 bits per heavy atom. The molecule has 0 fully saturated rings. The third-order valence-electron chi connectivity index (χ3n) is 4.06. The van der Waals surface area contributed by atoms with Crippen LogP contribution >= 0.6 is 0 Å². The number of ether oxygens (including phenoxy) is 1. The molecule has 2 heterocycles. The molecule has 0 bridgehead atoms. The maximum Gasteiger partial charge on any atom is 0.265 e. The van der Waals surface area contributed by atoms with E-state index in [0.29, 0.717) is 22.7 Å². The maximum atomic E-state index is 13.6. The molecule has 28 heavy (non-hydrogen) atoms. The Hall–Kier alpha value is -3.46. The molecule has 0 aliphatic carbocycles. The van der Waals surface area contributed by atoms with E-state index in [-0.39, 0.29) is 10.6 Å².